The summed E-state index contributed by atoms with van der Waals surface area (Å²) in [6.07, 6.45) is 6.55. The zero-order valence-electron chi connectivity index (χ0n) is 11.7. The van der Waals surface area contributed by atoms with E-state index in [1.807, 2.05) is 0 Å². The van der Waals surface area contributed by atoms with Crippen LogP contribution in [0.25, 0.3) is 0 Å². The molecule has 0 aromatic carbocycles. The van der Waals surface area contributed by atoms with Gasteiger partial charge >= 0.3 is 5.97 Å². The maximum Gasteiger partial charge on any atom is 0.305 e. The molecule has 0 aromatic rings. The average molecular weight is 287 g/mol. The van der Waals surface area contributed by atoms with Gasteiger partial charge in [-0.2, -0.15) is 11.8 Å². The number of carbonyl (C=O) groups excluding carboxylic acids is 1. The van der Waals surface area contributed by atoms with Crippen molar-refractivity contribution in [1.82, 2.24) is 5.32 Å². The van der Waals surface area contributed by atoms with E-state index in [-0.39, 0.29) is 12.3 Å². The van der Waals surface area contributed by atoms with Crippen LogP contribution < -0.4 is 5.32 Å². The molecule has 0 radical (unpaired) electrons. The summed E-state index contributed by atoms with van der Waals surface area (Å²) in [5, 5.41) is 12.0. The van der Waals surface area contributed by atoms with Crippen LogP contribution in [0.15, 0.2) is 0 Å². The van der Waals surface area contributed by atoms with Crippen LogP contribution in [0.1, 0.15) is 58.3 Å². The first-order valence-corrected chi connectivity index (χ1v) is 8.34. The first kappa shape index (κ1) is 16.3. The number of carbonyl (C=O) groups is 2. The van der Waals surface area contributed by atoms with Crippen molar-refractivity contribution in [3.63, 3.8) is 0 Å². The molecule has 1 aliphatic rings. The Balaban J connectivity index is 2.29. The van der Waals surface area contributed by atoms with Gasteiger partial charge in [-0.05, 0) is 25.0 Å². The molecule has 19 heavy (non-hydrogen) atoms. The van der Waals surface area contributed by atoms with Crippen LogP contribution in [0, 0.1) is 0 Å². The molecule has 0 bridgehead atoms. The highest BCUT2D eigenvalue weighted by Crippen LogP contribution is 2.32. The van der Waals surface area contributed by atoms with E-state index < -0.39 is 11.5 Å². The molecule has 0 heterocycles. The Hall–Kier alpha value is -0.710. The number of nitrogens with one attached hydrogen (secondary N) is 1. The number of rotatable bonds is 9. The van der Waals surface area contributed by atoms with Crippen LogP contribution in [0.5, 0.6) is 0 Å². The van der Waals surface area contributed by atoms with Crippen molar-refractivity contribution in [1.29, 1.82) is 0 Å². The summed E-state index contributed by atoms with van der Waals surface area (Å²) in [4.78, 5) is 22.8. The third kappa shape index (κ3) is 6.32. The highest BCUT2D eigenvalue weighted by molar-refractivity contribution is 7.99. The zero-order valence-corrected chi connectivity index (χ0v) is 12.6. The van der Waals surface area contributed by atoms with Crippen LogP contribution in [0.3, 0.4) is 0 Å². The Morgan fingerprint density at radius 2 is 1.95 bits per heavy atom. The molecule has 110 valence electrons. The van der Waals surface area contributed by atoms with Gasteiger partial charge in [-0.15, -0.1) is 0 Å². The van der Waals surface area contributed by atoms with E-state index >= 15 is 0 Å². The van der Waals surface area contributed by atoms with Crippen molar-refractivity contribution in [3.05, 3.63) is 0 Å². The SMILES string of the molecule is CCCCSCCC(=O)NC1(CC(=O)O)CCCC1. The molecule has 1 rings (SSSR count). The minimum absolute atomic E-state index is 0.00662. The van der Waals surface area contributed by atoms with E-state index in [0.717, 1.165) is 37.2 Å². The fraction of sp³-hybridized carbons (Fsp3) is 0.857. The Morgan fingerprint density at radius 3 is 2.53 bits per heavy atom. The van der Waals surface area contributed by atoms with Gasteiger partial charge in [0.1, 0.15) is 0 Å². The van der Waals surface area contributed by atoms with Crippen molar-refractivity contribution in [2.24, 2.45) is 0 Å². The number of carboxylic acid groups (broad SMARTS) is 1. The molecule has 1 saturated carbocycles. The summed E-state index contributed by atoms with van der Waals surface area (Å²) in [6, 6.07) is 0. The summed E-state index contributed by atoms with van der Waals surface area (Å²) in [6.45, 7) is 2.16. The van der Waals surface area contributed by atoms with Gasteiger partial charge in [0.25, 0.3) is 0 Å². The number of amides is 1. The third-order valence-electron chi connectivity index (χ3n) is 3.57. The summed E-state index contributed by atoms with van der Waals surface area (Å²) in [5.41, 5.74) is -0.475. The van der Waals surface area contributed by atoms with Gasteiger partial charge in [0, 0.05) is 12.2 Å². The second-order valence-corrected chi connectivity index (χ2v) is 6.55. The number of aliphatic carboxylic acids is 1. The zero-order chi connectivity index (χ0) is 14.1. The summed E-state index contributed by atoms with van der Waals surface area (Å²) in [5.74, 6) is 1.12. The molecule has 5 heteroatoms. The number of hydrogen-bond acceptors (Lipinski definition) is 3. The van der Waals surface area contributed by atoms with E-state index in [4.69, 9.17) is 5.11 Å². The smallest absolute Gasteiger partial charge is 0.305 e. The Labute approximate surface area is 119 Å². The van der Waals surface area contributed by atoms with Crippen LogP contribution in [-0.2, 0) is 9.59 Å². The molecular weight excluding hydrogens is 262 g/mol. The fourth-order valence-corrected chi connectivity index (χ4v) is 3.59. The predicted octanol–water partition coefficient (Wildman–Crippen LogP) is 2.81. The number of thioether (sulfide) groups is 1. The first-order chi connectivity index (χ1) is 9.08. The lowest BCUT2D eigenvalue weighted by Crippen LogP contribution is -2.47. The predicted molar refractivity (Wildman–Crippen MR) is 78.4 cm³/mol. The van der Waals surface area contributed by atoms with Gasteiger partial charge in [0.15, 0.2) is 0 Å². The summed E-state index contributed by atoms with van der Waals surface area (Å²) in [7, 11) is 0. The fourth-order valence-electron chi connectivity index (χ4n) is 2.56. The van der Waals surface area contributed by atoms with Crippen molar-refractivity contribution in [3.8, 4) is 0 Å². The molecule has 1 amide bonds. The van der Waals surface area contributed by atoms with Crippen molar-refractivity contribution in [2.45, 2.75) is 63.8 Å². The van der Waals surface area contributed by atoms with E-state index in [2.05, 4.69) is 12.2 Å². The Kier molecular flexibility index (Phi) is 7.28. The molecule has 1 aliphatic carbocycles. The lowest BCUT2D eigenvalue weighted by Gasteiger charge is -2.28. The highest BCUT2D eigenvalue weighted by Gasteiger charge is 2.37. The van der Waals surface area contributed by atoms with Gasteiger partial charge in [0.05, 0.1) is 12.0 Å². The molecule has 4 nitrogen and oxygen atoms in total. The van der Waals surface area contributed by atoms with Crippen molar-refractivity contribution >= 4 is 23.6 Å². The highest BCUT2D eigenvalue weighted by atomic mass is 32.2. The third-order valence-corrected chi connectivity index (χ3v) is 4.64. The minimum atomic E-state index is -0.820. The summed E-state index contributed by atoms with van der Waals surface area (Å²) >= 11 is 1.80. The van der Waals surface area contributed by atoms with Crippen molar-refractivity contribution < 1.29 is 14.7 Å². The maximum absolute atomic E-state index is 11.9. The van der Waals surface area contributed by atoms with E-state index in [0.29, 0.717) is 6.42 Å². The van der Waals surface area contributed by atoms with Gasteiger partial charge in [-0.1, -0.05) is 26.2 Å². The van der Waals surface area contributed by atoms with Gasteiger partial charge < -0.3 is 10.4 Å². The monoisotopic (exact) mass is 287 g/mol. The lowest BCUT2D eigenvalue weighted by molar-refractivity contribution is -0.139. The minimum Gasteiger partial charge on any atom is -0.481 e. The van der Waals surface area contributed by atoms with Gasteiger partial charge in [-0.25, -0.2) is 0 Å². The first-order valence-electron chi connectivity index (χ1n) is 7.18. The largest absolute Gasteiger partial charge is 0.481 e. The van der Waals surface area contributed by atoms with Crippen LogP contribution >= 0.6 is 11.8 Å². The molecule has 2 N–H and O–H groups in total. The molecule has 0 aliphatic heterocycles. The molecule has 0 unspecified atom stereocenters. The lowest BCUT2D eigenvalue weighted by atomic mass is 9.93. The number of hydrogen-bond donors (Lipinski definition) is 2. The molecule has 0 aromatic heterocycles. The van der Waals surface area contributed by atoms with Crippen LogP contribution in [0.4, 0.5) is 0 Å². The number of unbranched alkanes of at least 4 members (excludes halogenated alkanes) is 1. The van der Waals surface area contributed by atoms with Gasteiger partial charge in [0.2, 0.25) is 5.91 Å². The Bertz CT molecular complexity index is 301. The normalized spacial score (nSPS) is 17.3. The topological polar surface area (TPSA) is 66.4 Å². The standard InChI is InChI=1S/C14H25NO3S/c1-2-3-9-19-10-6-12(16)15-14(11-13(17)18)7-4-5-8-14/h2-11H2,1H3,(H,15,16)(H,17,18). The molecule has 0 spiro atoms. The second-order valence-electron chi connectivity index (χ2n) is 5.32. The van der Waals surface area contributed by atoms with Crippen LogP contribution in [0.2, 0.25) is 0 Å². The molecular formula is C14H25NO3S. The van der Waals surface area contributed by atoms with Gasteiger partial charge in [-0.3, -0.25) is 9.59 Å². The molecule has 1 fully saturated rings. The second kappa shape index (κ2) is 8.46. The van der Waals surface area contributed by atoms with E-state index in [9.17, 15) is 9.59 Å². The summed E-state index contributed by atoms with van der Waals surface area (Å²) < 4.78 is 0. The Morgan fingerprint density at radius 1 is 1.26 bits per heavy atom. The van der Waals surface area contributed by atoms with E-state index in [1.54, 1.807) is 11.8 Å². The molecule has 0 atom stereocenters. The quantitative estimate of drug-likeness (QED) is 0.640. The van der Waals surface area contributed by atoms with E-state index in [1.165, 1.54) is 12.8 Å². The maximum atomic E-state index is 11.9. The van der Waals surface area contributed by atoms with Crippen molar-refractivity contribution in [2.75, 3.05) is 11.5 Å². The average Bonchev–Trinajstić information content (AvgIpc) is 2.76. The molecule has 0 saturated heterocycles. The van der Waals surface area contributed by atoms with Crippen LogP contribution in [-0.4, -0.2) is 34.0 Å². The number of carboxylic acids is 1.